The molecule has 17 heavy (non-hydrogen) atoms. The minimum atomic E-state index is -0.326. The van der Waals surface area contributed by atoms with Crippen LogP contribution in [0.2, 0.25) is 0 Å². The normalized spacial score (nSPS) is 13.9. The second kappa shape index (κ2) is 6.95. The van der Waals surface area contributed by atoms with Crippen LogP contribution < -0.4 is 0 Å². The second-order valence-electron chi connectivity index (χ2n) is 4.23. The molecule has 0 heterocycles. The molecule has 1 aliphatic carbocycles. The SMILES string of the molecule is C#CCN(CC1CC1)C(=O)CCC(=O)OCC. The summed E-state index contributed by atoms with van der Waals surface area (Å²) in [6.07, 6.45) is 7.90. The molecule has 0 atom stereocenters. The first-order chi connectivity index (χ1) is 8.17. The molecule has 0 aliphatic heterocycles. The molecule has 94 valence electrons. The summed E-state index contributed by atoms with van der Waals surface area (Å²) in [6, 6.07) is 0. The van der Waals surface area contributed by atoms with Gasteiger partial charge in [0.15, 0.2) is 0 Å². The molecule has 0 aromatic heterocycles. The minimum absolute atomic E-state index is 0.0529. The van der Waals surface area contributed by atoms with Crippen LogP contribution in [0.1, 0.15) is 32.6 Å². The second-order valence-corrected chi connectivity index (χ2v) is 4.23. The van der Waals surface area contributed by atoms with Crippen LogP contribution in [0.15, 0.2) is 0 Å². The molecular formula is C13H19NO3. The molecule has 0 bridgehead atoms. The molecule has 1 aliphatic rings. The number of hydrogen-bond donors (Lipinski definition) is 0. The highest BCUT2D eigenvalue weighted by atomic mass is 16.5. The lowest BCUT2D eigenvalue weighted by Crippen LogP contribution is -2.33. The molecule has 0 saturated heterocycles. The molecular weight excluding hydrogens is 218 g/mol. The maximum Gasteiger partial charge on any atom is 0.306 e. The van der Waals surface area contributed by atoms with E-state index in [-0.39, 0.29) is 24.7 Å². The first-order valence-corrected chi connectivity index (χ1v) is 6.04. The molecule has 0 spiro atoms. The molecule has 1 amide bonds. The number of hydrogen-bond acceptors (Lipinski definition) is 3. The number of nitrogens with zero attached hydrogens (tertiary/aromatic N) is 1. The van der Waals surface area contributed by atoms with E-state index < -0.39 is 0 Å². The van der Waals surface area contributed by atoms with E-state index in [4.69, 9.17) is 11.2 Å². The van der Waals surface area contributed by atoms with Crippen LogP contribution in [0, 0.1) is 18.3 Å². The molecule has 4 heteroatoms. The van der Waals surface area contributed by atoms with E-state index in [9.17, 15) is 9.59 Å². The number of terminal acetylenes is 1. The summed E-state index contributed by atoms with van der Waals surface area (Å²) in [5.41, 5.74) is 0. The zero-order chi connectivity index (χ0) is 12.7. The minimum Gasteiger partial charge on any atom is -0.466 e. The van der Waals surface area contributed by atoms with Gasteiger partial charge in [0.25, 0.3) is 0 Å². The van der Waals surface area contributed by atoms with Crippen molar-refractivity contribution in [2.45, 2.75) is 32.6 Å². The van der Waals surface area contributed by atoms with Crippen molar-refractivity contribution in [1.82, 2.24) is 4.90 Å². The van der Waals surface area contributed by atoms with Gasteiger partial charge in [-0.3, -0.25) is 9.59 Å². The quantitative estimate of drug-likeness (QED) is 0.494. The lowest BCUT2D eigenvalue weighted by atomic mass is 10.2. The third-order valence-corrected chi connectivity index (χ3v) is 2.66. The van der Waals surface area contributed by atoms with Crippen LogP contribution >= 0.6 is 0 Å². The van der Waals surface area contributed by atoms with Gasteiger partial charge in [0.2, 0.25) is 5.91 Å². The molecule has 4 nitrogen and oxygen atoms in total. The van der Waals surface area contributed by atoms with Crippen molar-refractivity contribution < 1.29 is 14.3 Å². The predicted octanol–water partition coefficient (Wildman–Crippen LogP) is 1.20. The lowest BCUT2D eigenvalue weighted by Gasteiger charge is -2.19. The van der Waals surface area contributed by atoms with Gasteiger partial charge in [-0.2, -0.15) is 0 Å². The van der Waals surface area contributed by atoms with Crippen molar-refractivity contribution in [2.24, 2.45) is 5.92 Å². The standard InChI is InChI=1S/C13H19NO3/c1-3-9-14(10-11-5-6-11)12(15)7-8-13(16)17-4-2/h1,11H,4-10H2,2H3. The van der Waals surface area contributed by atoms with Gasteiger partial charge in [0, 0.05) is 13.0 Å². The fourth-order valence-electron chi connectivity index (χ4n) is 1.58. The first-order valence-electron chi connectivity index (χ1n) is 6.04. The Morgan fingerprint density at radius 1 is 1.41 bits per heavy atom. The van der Waals surface area contributed by atoms with Crippen LogP contribution in [-0.4, -0.2) is 36.5 Å². The number of amides is 1. The van der Waals surface area contributed by atoms with E-state index in [2.05, 4.69) is 5.92 Å². The van der Waals surface area contributed by atoms with E-state index in [1.165, 1.54) is 12.8 Å². The highest BCUT2D eigenvalue weighted by molar-refractivity contribution is 5.81. The highest BCUT2D eigenvalue weighted by Gasteiger charge is 2.26. The smallest absolute Gasteiger partial charge is 0.306 e. The maximum absolute atomic E-state index is 11.8. The van der Waals surface area contributed by atoms with Crippen LogP contribution in [0.3, 0.4) is 0 Å². The monoisotopic (exact) mass is 237 g/mol. The molecule has 1 fully saturated rings. The van der Waals surface area contributed by atoms with Crippen molar-refractivity contribution in [3.05, 3.63) is 0 Å². The summed E-state index contributed by atoms with van der Waals surface area (Å²) in [4.78, 5) is 24.6. The van der Waals surface area contributed by atoms with Gasteiger partial charge in [0.1, 0.15) is 0 Å². The van der Waals surface area contributed by atoms with Crippen LogP contribution in [0.5, 0.6) is 0 Å². The van der Waals surface area contributed by atoms with Crippen molar-refractivity contribution >= 4 is 11.9 Å². The third-order valence-electron chi connectivity index (χ3n) is 2.66. The molecule has 0 unspecified atom stereocenters. The largest absolute Gasteiger partial charge is 0.466 e. The average Bonchev–Trinajstić information content (AvgIpc) is 3.09. The summed E-state index contributed by atoms with van der Waals surface area (Å²) in [6.45, 7) is 3.16. The summed E-state index contributed by atoms with van der Waals surface area (Å²) in [5, 5.41) is 0. The highest BCUT2D eigenvalue weighted by Crippen LogP contribution is 2.29. The van der Waals surface area contributed by atoms with Gasteiger partial charge in [-0.05, 0) is 25.7 Å². The Morgan fingerprint density at radius 2 is 2.12 bits per heavy atom. The molecule has 0 N–H and O–H groups in total. The zero-order valence-corrected chi connectivity index (χ0v) is 10.3. The number of carbonyl (C=O) groups is 2. The van der Waals surface area contributed by atoms with E-state index >= 15 is 0 Å². The number of carbonyl (C=O) groups excluding carboxylic acids is 2. The Morgan fingerprint density at radius 3 is 2.65 bits per heavy atom. The topological polar surface area (TPSA) is 46.6 Å². The van der Waals surface area contributed by atoms with Crippen LogP contribution in [0.4, 0.5) is 0 Å². The fraction of sp³-hybridized carbons (Fsp3) is 0.692. The number of esters is 1. The molecule has 0 aromatic carbocycles. The Kier molecular flexibility index (Phi) is 5.55. The summed E-state index contributed by atoms with van der Waals surface area (Å²) < 4.78 is 4.78. The summed E-state index contributed by atoms with van der Waals surface area (Å²) in [7, 11) is 0. The molecule has 1 saturated carbocycles. The maximum atomic E-state index is 11.8. The fourth-order valence-corrected chi connectivity index (χ4v) is 1.58. The number of ether oxygens (including phenoxy) is 1. The first kappa shape index (κ1) is 13.6. The van der Waals surface area contributed by atoms with Gasteiger partial charge < -0.3 is 9.64 Å². The van der Waals surface area contributed by atoms with Crippen LogP contribution in [-0.2, 0) is 14.3 Å². The van der Waals surface area contributed by atoms with Gasteiger partial charge in [-0.25, -0.2) is 0 Å². The van der Waals surface area contributed by atoms with E-state index in [1.54, 1.807) is 11.8 Å². The lowest BCUT2D eigenvalue weighted by molar-refractivity contribution is -0.145. The summed E-state index contributed by atoms with van der Waals surface area (Å²) >= 11 is 0. The van der Waals surface area contributed by atoms with Crippen LogP contribution in [0.25, 0.3) is 0 Å². The molecule has 0 aromatic rings. The van der Waals surface area contributed by atoms with Gasteiger partial charge in [-0.1, -0.05) is 5.92 Å². The van der Waals surface area contributed by atoms with Gasteiger partial charge in [-0.15, -0.1) is 6.42 Å². The summed E-state index contributed by atoms with van der Waals surface area (Å²) in [5.74, 6) is 2.71. The molecule has 0 radical (unpaired) electrons. The van der Waals surface area contributed by atoms with Crippen molar-refractivity contribution in [3.8, 4) is 12.3 Å². The Bertz CT molecular complexity index is 315. The molecule has 1 rings (SSSR count). The predicted molar refractivity (Wildman–Crippen MR) is 64.0 cm³/mol. The van der Waals surface area contributed by atoms with Crippen molar-refractivity contribution in [2.75, 3.05) is 19.7 Å². The van der Waals surface area contributed by atoms with E-state index in [0.29, 0.717) is 19.1 Å². The van der Waals surface area contributed by atoms with Gasteiger partial charge >= 0.3 is 5.97 Å². The van der Waals surface area contributed by atoms with E-state index in [1.807, 2.05) is 0 Å². The van der Waals surface area contributed by atoms with Crippen molar-refractivity contribution in [3.63, 3.8) is 0 Å². The Balaban J connectivity index is 2.31. The Hall–Kier alpha value is -1.50. The van der Waals surface area contributed by atoms with Crippen molar-refractivity contribution in [1.29, 1.82) is 0 Å². The number of rotatable bonds is 7. The average molecular weight is 237 g/mol. The zero-order valence-electron chi connectivity index (χ0n) is 10.3. The Labute approximate surface area is 102 Å². The third kappa shape index (κ3) is 5.39. The van der Waals surface area contributed by atoms with Gasteiger partial charge in [0.05, 0.1) is 19.6 Å². The van der Waals surface area contributed by atoms with E-state index in [0.717, 1.165) is 6.54 Å².